The molecule has 1 atom stereocenters. The molecule has 24 heavy (non-hydrogen) atoms. The summed E-state index contributed by atoms with van der Waals surface area (Å²) in [4.78, 5) is 16.6. The van der Waals surface area contributed by atoms with Crippen LogP contribution < -0.4 is 9.64 Å². The molecule has 2 aromatic rings. The molecule has 0 spiro atoms. The fourth-order valence-corrected chi connectivity index (χ4v) is 2.82. The lowest BCUT2D eigenvalue weighted by atomic mass is 10.2. The van der Waals surface area contributed by atoms with E-state index in [2.05, 4.69) is 15.1 Å². The Morgan fingerprint density at radius 3 is 2.62 bits per heavy atom. The van der Waals surface area contributed by atoms with Crippen LogP contribution in [0.4, 0.5) is 5.82 Å². The molecule has 2 heterocycles. The van der Waals surface area contributed by atoms with Crippen LogP contribution >= 0.6 is 0 Å². The fourth-order valence-electron chi connectivity index (χ4n) is 2.82. The average molecular weight is 326 g/mol. The van der Waals surface area contributed by atoms with Crippen LogP contribution in [0.25, 0.3) is 0 Å². The van der Waals surface area contributed by atoms with Crippen molar-refractivity contribution < 1.29 is 9.53 Å². The lowest BCUT2D eigenvalue weighted by Gasteiger charge is -2.36. The van der Waals surface area contributed by atoms with E-state index in [1.54, 1.807) is 13.1 Å². The summed E-state index contributed by atoms with van der Waals surface area (Å²) in [6, 6.07) is 11.6. The number of piperazine rings is 1. The minimum atomic E-state index is -0.491. The van der Waals surface area contributed by atoms with Gasteiger partial charge in [0.1, 0.15) is 5.75 Å². The van der Waals surface area contributed by atoms with E-state index < -0.39 is 6.10 Å². The first-order chi connectivity index (χ1) is 11.6. The molecule has 1 aliphatic heterocycles. The van der Waals surface area contributed by atoms with Crippen molar-refractivity contribution >= 4 is 11.7 Å². The molecule has 1 saturated heterocycles. The molecule has 1 aliphatic rings. The van der Waals surface area contributed by atoms with Crippen molar-refractivity contribution in [2.24, 2.45) is 0 Å². The number of carbonyl (C=O) groups is 1. The number of ether oxygens (including phenoxy) is 1. The predicted molar refractivity (Wildman–Crippen MR) is 92.1 cm³/mol. The first kappa shape index (κ1) is 16.2. The van der Waals surface area contributed by atoms with Crippen molar-refractivity contribution in [2.45, 2.75) is 20.0 Å². The molecule has 0 bridgehead atoms. The molecule has 0 saturated carbocycles. The van der Waals surface area contributed by atoms with Gasteiger partial charge < -0.3 is 14.5 Å². The number of aryl methyl sites for hydroxylation is 1. The van der Waals surface area contributed by atoms with Crippen LogP contribution in [0, 0.1) is 6.92 Å². The third-order valence-corrected chi connectivity index (χ3v) is 4.12. The molecule has 3 rings (SSSR count). The fraction of sp³-hybridized carbons (Fsp3) is 0.389. The first-order valence-electron chi connectivity index (χ1n) is 8.18. The van der Waals surface area contributed by atoms with Gasteiger partial charge in [0.2, 0.25) is 0 Å². The van der Waals surface area contributed by atoms with Gasteiger partial charge in [-0.25, -0.2) is 0 Å². The van der Waals surface area contributed by atoms with Gasteiger partial charge in [0.05, 0.1) is 0 Å². The standard InChI is InChI=1S/C18H22N4O2/c1-14-5-3-6-16(13-14)24-15(2)18(23)22-11-9-21(10-12-22)17-7-4-8-19-20-17/h3-8,13,15H,9-12H2,1-2H3. The van der Waals surface area contributed by atoms with E-state index in [1.807, 2.05) is 48.2 Å². The van der Waals surface area contributed by atoms with Crippen LogP contribution in [0.15, 0.2) is 42.6 Å². The Morgan fingerprint density at radius 1 is 1.17 bits per heavy atom. The summed E-state index contributed by atoms with van der Waals surface area (Å²) in [5.74, 6) is 1.61. The number of amides is 1. The molecule has 6 nitrogen and oxygen atoms in total. The summed E-state index contributed by atoms with van der Waals surface area (Å²) < 4.78 is 5.79. The molecular weight excluding hydrogens is 304 g/mol. The molecule has 1 fully saturated rings. The molecule has 6 heteroatoms. The van der Waals surface area contributed by atoms with Gasteiger partial charge in [-0.15, -0.1) is 5.10 Å². The van der Waals surface area contributed by atoms with Crippen molar-refractivity contribution in [3.63, 3.8) is 0 Å². The highest BCUT2D eigenvalue weighted by Crippen LogP contribution is 2.16. The molecular formula is C18H22N4O2. The minimum absolute atomic E-state index is 0.0234. The van der Waals surface area contributed by atoms with Crippen LogP contribution in [0.5, 0.6) is 5.75 Å². The number of hydrogen-bond acceptors (Lipinski definition) is 5. The number of aromatic nitrogens is 2. The van der Waals surface area contributed by atoms with Crippen molar-refractivity contribution in [3.8, 4) is 5.75 Å². The van der Waals surface area contributed by atoms with Crippen LogP contribution in [0.3, 0.4) is 0 Å². The number of hydrogen-bond donors (Lipinski definition) is 0. The van der Waals surface area contributed by atoms with Gasteiger partial charge in [-0.2, -0.15) is 5.10 Å². The highest BCUT2D eigenvalue weighted by atomic mass is 16.5. The number of carbonyl (C=O) groups excluding carboxylic acids is 1. The molecule has 1 aromatic heterocycles. The van der Waals surface area contributed by atoms with Gasteiger partial charge in [-0.05, 0) is 43.7 Å². The second-order valence-electron chi connectivity index (χ2n) is 5.97. The maximum absolute atomic E-state index is 12.6. The molecule has 0 N–H and O–H groups in total. The maximum atomic E-state index is 12.6. The monoisotopic (exact) mass is 326 g/mol. The Balaban J connectivity index is 1.55. The quantitative estimate of drug-likeness (QED) is 0.859. The second-order valence-corrected chi connectivity index (χ2v) is 5.97. The Morgan fingerprint density at radius 2 is 1.96 bits per heavy atom. The van der Waals surface area contributed by atoms with Gasteiger partial charge in [0, 0.05) is 32.4 Å². The molecule has 0 aliphatic carbocycles. The minimum Gasteiger partial charge on any atom is -0.481 e. The summed E-state index contributed by atoms with van der Waals surface area (Å²) in [5.41, 5.74) is 1.12. The Labute approximate surface area is 142 Å². The van der Waals surface area contributed by atoms with Crippen molar-refractivity contribution in [1.29, 1.82) is 0 Å². The van der Waals surface area contributed by atoms with Gasteiger partial charge in [0.25, 0.3) is 5.91 Å². The van der Waals surface area contributed by atoms with E-state index in [0.717, 1.165) is 30.2 Å². The van der Waals surface area contributed by atoms with Crippen molar-refractivity contribution in [3.05, 3.63) is 48.2 Å². The van der Waals surface area contributed by atoms with E-state index in [-0.39, 0.29) is 5.91 Å². The largest absolute Gasteiger partial charge is 0.481 e. The number of rotatable bonds is 4. The van der Waals surface area contributed by atoms with Crippen LogP contribution in [0.1, 0.15) is 12.5 Å². The average Bonchev–Trinajstić information content (AvgIpc) is 2.62. The topological polar surface area (TPSA) is 58.6 Å². The Kier molecular flexibility index (Phi) is 4.93. The molecule has 1 amide bonds. The zero-order valence-corrected chi connectivity index (χ0v) is 14.1. The first-order valence-corrected chi connectivity index (χ1v) is 8.18. The SMILES string of the molecule is Cc1cccc(OC(C)C(=O)N2CCN(c3cccnn3)CC2)c1. The summed E-state index contributed by atoms with van der Waals surface area (Å²) in [7, 11) is 0. The van der Waals surface area contributed by atoms with Crippen LogP contribution in [-0.4, -0.2) is 53.3 Å². The summed E-state index contributed by atoms with van der Waals surface area (Å²) in [6.45, 7) is 6.64. The zero-order chi connectivity index (χ0) is 16.9. The maximum Gasteiger partial charge on any atom is 0.263 e. The molecule has 1 unspecified atom stereocenters. The lowest BCUT2D eigenvalue weighted by Crippen LogP contribution is -2.52. The highest BCUT2D eigenvalue weighted by Gasteiger charge is 2.26. The van der Waals surface area contributed by atoms with Gasteiger partial charge in [-0.1, -0.05) is 12.1 Å². The number of anilines is 1. The van der Waals surface area contributed by atoms with E-state index in [4.69, 9.17) is 4.74 Å². The van der Waals surface area contributed by atoms with Crippen molar-refractivity contribution in [2.75, 3.05) is 31.1 Å². The highest BCUT2D eigenvalue weighted by molar-refractivity contribution is 5.81. The zero-order valence-electron chi connectivity index (χ0n) is 14.1. The van der Waals surface area contributed by atoms with Gasteiger partial charge >= 0.3 is 0 Å². The third-order valence-electron chi connectivity index (χ3n) is 4.12. The van der Waals surface area contributed by atoms with E-state index in [1.165, 1.54) is 0 Å². The summed E-state index contributed by atoms with van der Waals surface area (Å²) >= 11 is 0. The van der Waals surface area contributed by atoms with Crippen LogP contribution in [0.2, 0.25) is 0 Å². The molecule has 1 aromatic carbocycles. The van der Waals surface area contributed by atoms with E-state index >= 15 is 0 Å². The Bertz CT molecular complexity index is 684. The number of nitrogens with zero attached hydrogens (tertiary/aromatic N) is 4. The van der Waals surface area contributed by atoms with Gasteiger partial charge in [0.15, 0.2) is 11.9 Å². The summed E-state index contributed by atoms with van der Waals surface area (Å²) in [6.07, 6.45) is 1.17. The smallest absolute Gasteiger partial charge is 0.263 e. The third kappa shape index (κ3) is 3.82. The number of benzene rings is 1. The predicted octanol–water partition coefficient (Wildman–Crippen LogP) is 1.90. The summed E-state index contributed by atoms with van der Waals surface area (Å²) in [5, 5.41) is 8.02. The van der Waals surface area contributed by atoms with E-state index in [0.29, 0.717) is 13.1 Å². The normalized spacial score (nSPS) is 15.9. The molecule has 0 radical (unpaired) electrons. The van der Waals surface area contributed by atoms with E-state index in [9.17, 15) is 4.79 Å². The lowest BCUT2D eigenvalue weighted by molar-refractivity contribution is -0.138. The Hall–Kier alpha value is -2.63. The van der Waals surface area contributed by atoms with Crippen molar-refractivity contribution in [1.82, 2.24) is 15.1 Å². The second kappa shape index (κ2) is 7.29. The molecule has 126 valence electrons. The van der Waals surface area contributed by atoms with Gasteiger partial charge in [-0.3, -0.25) is 4.79 Å². The van der Waals surface area contributed by atoms with Crippen LogP contribution in [-0.2, 0) is 4.79 Å².